The van der Waals surface area contributed by atoms with Gasteiger partial charge < -0.3 is 20.3 Å². The number of ether oxygens (including phenoxy) is 1. The minimum Gasteiger partial charge on any atom is -0.444 e. The summed E-state index contributed by atoms with van der Waals surface area (Å²) in [5, 5.41) is 5.77. The molecule has 3 atom stereocenters. The second kappa shape index (κ2) is 13.4. The standard InChI is InChI=1S/C27H45N3O4/c1-10-12-16-28-24(31)23(21-15-13-14-19(5)17-21)30(20(6)11-2)25(32)22(18(3)4)29-26(33)34-27(7,8)9/h13-15,17-18,20,22-23H,10-12,16H2,1-9H3,(H,28,31)(H,29,33). The van der Waals surface area contributed by atoms with Crippen LogP contribution in [0, 0.1) is 12.8 Å². The quantitative estimate of drug-likeness (QED) is 0.434. The van der Waals surface area contributed by atoms with E-state index < -0.39 is 23.8 Å². The van der Waals surface area contributed by atoms with Gasteiger partial charge in [-0.15, -0.1) is 0 Å². The third kappa shape index (κ3) is 8.99. The number of amides is 3. The molecule has 0 saturated carbocycles. The lowest BCUT2D eigenvalue weighted by atomic mass is 9.96. The van der Waals surface area contributed by atoms with Gasteiger partial charge in [0.2, 0.25) is 11.8 Å². The van der Waals surface area contributed by atoms with Crippen LogP contribution in [0.15, 0.2) is 24.3 Å². The van der Waals surface area contributed by atoms with E-state index in [2.05, 4.69) is 17.6 Å². The summed E-state index contributed by atoms with van der Waals surface area (Å²) in [4.78, 5) is 41.7. The van der Waals surface area contributed by atoms with Gasteiger partial charge in [0, 0.05) is 12.6 Å². The number of nitrogens with one attached hydrogen (secondary N) is 2. The molecule has 7 nitrogen and oxygen atoms in total. The van der Waals surface area contributed by atoms with E-state index in [9.17, 15) is 14.4 Å². The Morgan fingerprint density at radius 2 is 1.74 bits per heavy atom. The molecule has 34 heavy (non-hydrogen) atoms. The van der Waals surface area contributed by atoms with Crippen LogP contribution in [0.5, 0.6) is 0 Å². The summed E-state index contributed by atoms with van der Waals surface area (Å²) in [6.07, 6.45) is 1.83. The zero-order chi connectivity index (χ0) is 26.1. The SMILES string of the molecule is CCCCNC(=O)C(c1cccc(C)c1)N(C(=O)C(NC(=O)OC(C)(C)C)C(C)C)C(C)CC. The summed E-state index contributed by atoms with van der Waals surface area (Å²) in [5.74, 6) is -0.715. The van der Waals surface area contributed by atoms with Crippen LogP contribution < -0.4 is 10.6 Å². The molecule has 0 aliphatic carbocycles. The monoisotopic (exact) mass is 475 g/mol. The molecule has 1 rings (SSSR count). The third-order valence-electron chi connectivity index (χ3n) is 5.64. The summed E-state index contributed by atoms with van der Waals surface area (Å²) < 4.78 is 5.41. The maximum atomic E-state index is 14.0. The summed E-state index contributed by atoms with van der Waals surface area (Å²) in [7, 11) is 0. The molecule has 0 saturated heterocycles. The summed E-state index contributed by atoms with van der Waals surface area (Å²) in [6.45, 7) is 17.6. The molecule has 0 aliphatic rings. The molecule has 3 unspecified atom stereocenters. The average molecular weight is 476 g/mol. The number of rotatable bonds is 11. The zero-order valence-electron chi connectivity index (χ0n) is 22.5. The first-order valence-corrected chi connectivity index (χ1v) is 12.5. The van der Waals surface area contributed by atoms with Crippen LogP contribution in [0.4, 0.5) is 4.79 Å². The van der Waals surface area contributed by atoms with Crippen LogP contribution in [0.25, 0.3) is 0 Å². The second-order valence-corrected chi connectivity index (χ2v) is 10.3. The number of unbranched alkanes of at least 4 members (excludes halogenated alkanes) is 1. The zero-order valence-corrected chi connectivity index (χ0v) is 22.5. The first-order valence-electron chi connectivity index (χ1n) is 12.5. The highest BCUT2D eigenvalue weighted by Gasteiger charge is 2.39. The number of hydrogen-bond donors (Lipinski definition) is 2. The van der Waals surface area contributed by atoms with Crippen molar-refractivity contribution >= 4 is 17.9 Å². The van der Waals surface area contributed by atoms with Crippen LogP contribution >= 0.6 is 0 Å². The van der Waals surface area contributed by atoms with Crippen molar-refractivity contribution in [3.8, 4) is 0 Å². The Kier molecular flexibility index (Phi) is 11.6. The highest BCUT2D eigenvalue weighted by molar-refractivity contribution is 5.92. The molecule has 1 aromatic rings. The van der Waals surface area contributed by atoms with E-state index in [0.29, 0.717) is 13.0 Å². The summed E-state index contributed by atoms with van der Waals surface area (Å²) in [6, 6.07) is 5.82. The summed E-state index contributed by atoms with van der Waals surface area (Å²) >= 11 is 0. The first-order chi connectivity index (χ1) is 15.8. The van der Waals surface area contributed by atoms with Crippen molar-refractivity contribution in [2.24, 2.45) is 5.92 Å². The van der Waals surface area contributed by atoms with Gasteiger partial charge in [-0.3, -0.25) is 9.59 Å². The molecule has 0 heterocycles. The first kappa shape index (κ1) is 29.5. The minimum atomic E-state index is -0.834. The van der Waals surface area contributed by atoms with E-state index in [1.54, 1.807) is 25.7 Å². The highest BCUT2D eigenvalue weighted by atomic mass is 16.6. The number of carbonyl (C=O) groups is 3. The average Bonchev–Trinajstić information content (AvgIpc) is 2.73. The van der Waals surface area contributed by atoms with E-state index in [-0.39, 0.29) is 23.8 Å². The van der Waals surface area contributed by atoms with Crippen LogP contribution in [-0.4, -0.2) is 47.0 Å². The van der Waals surface area contributed by atoms with E-state index in [1.807, 2.05) is 58.9 Å². The fraction of sp³-hybridized carbons (Fsp3) is 0.667. The Morgan fingerprint density at radius 3 is 2.24 bits per heavy atom. The Bertz CT molecular complexity index is 816. The van der Waals surface area contributed by atoms with Gasteiger partial charge in [-0.2, -0.15) is 0 Å². The lowest BCUT2D eigenvalue weighted by molar-refractivity contribution is -0.146. The van der Waals surface area contributed by atoms with Gasteiger partial charge in [0.1, 0.15) is 17.7 Å². The molecule has 3 amide bonds. The van der Waals surface area contributed by atoms with Gasteiger partial charge in [-0.1, -0.05) is 63.9 Å². The fourth-order valence-electron chi connectivity index (χ4n) is 3.67. The molecule has 0 bridgehead atoms. The third-order valence-corrected chi connectivity index (χ3v) is 5.64. The maximum absolute atomic E-state index is 14.0. The van der Waals surface area contributed by atoms with E-state index >= 15 is 0 Å². The van der Waals surface area contributed by atoms with Crippen LogP contribution in [-0.2, 0) is 14.3 Å². The van der Waals surface area contributed by atoms with Gasteiger partial charge in [-0.25, -0.2) is 4.79 Å². The smallest absolute Gasteiger partial charge is 0.408 e. The van der Waals surface area contributed by atoms with Crippen molar-refractivity contribution in [2.75, 3.05) is 6.54 Å². The molecule has 1 aromatic carbocycles. The highest BCUT2D eigenvalue weighted by Crippen LogP contribution is 2.28. The Morgan fingerprint density at radius 1 is 1.09 bits per heavy atom. The minimum absolute atomic E-state index is 0.201. The van der Waals surface area contributed by atoms with E-state index in [4.69, 9.17) is 4.74 Å². The molecule has 0 aromatic heterocycles. The fourth-order valence-corrected chi connectivity index (χ4v) is 3.67. The topological polar surface area (TPSA) is 87.7 Å². The van der Waals surface area contributed by atoms with Gasteiger partial charge in [0.05, 0.1) is 0 Å². The lowest BCUT2D eigenvalue weighted by Crippen LogP contribution is -2.57. The molecule has 192 valence electrons. The molecule has 7 heteroatoms. The number of hydrogen-bond acceptors (Lipinski definition) is 4. The van der Waals surface area contributed by atoms with Gasteiger partial charge >= 0.3 is 6.09 Å². The molecule has 0 spiro atoms. The van der Waals surface area contributed by atoms with Crippen molar-refractivity contribution in [3.05, 3.63) is 35.4 Å². The Balaban J connectivity index is 3.45. The van der Waals surface area contributed by atoms with Crippen LogP contribution in [0.1, 0.15) is 91.8 Å². The predicted octanol–water partition coefficient (Wildman–Crippen LogP) is 5.13. The van der Waals surface area contributed by atoms with E-state index in [0.717, 1.165) is 24.0 Å². The predicted molar refractivity (Wildman–Crippen MR) is 136 cm³/mol. The Hall–Kier alpha value is -2.57. The lowest BCUT2D eigenvalue weighted by Gasteiger charge is -2.39. The number of benzene rings is 1. The molecule has 0 fully saturated rings. The molecule has 0 radical (unpaired) electrons. The molecule has 0 aliphatic heterocycles. The molecular formula is C27H45N3O4. The Labute approximate surface area is 206 Å². The largest absolute Gasteiger partial charge is 0.444 e. The van der Waals surface area contributed by atoms with Crippen molar-refractivity contribution in [2.45, 2.75) is 105 Å². The van der Waals surface area contributed by atoms with Crippen LogP contribution in [0.3, 0.4) is 0 Å². The second-order valence-electron chi connectivity index (χ2n) is 10.3. The summed E-state index contributed by atoms with van der Waals surface area (Å²) in [5.41, 5.74) is 1.07. The van der Waals surface area contributed by atoms with Crippen molar-refractivity contribution < 1.29 is 19.1 Å². The normalized spacial score (nSPS) is 14.2. The van der Waals surface area contributed by atoms with Crippen molar-refractivity contribution in [1.82, 2.24) is 15.5 Å². The van der Waals surface area contributed by atoms with Gasteiger partial charge in [0.15, 0.2) is 0 Å². The van der Waals surface area contributed by atoms with Crippen molar-refractivity contribution in [3.63, 3.8) is 0 Å². The van der Waals surface area contributed by atoms with Crippen LogP contribution in [0.2, 0.25) is 0 Å². The maximum Gasteiger partial charge on any atom is 0.408 e. The van der Waals surface area contributed by atoms with Gasteiger partial charge in [-0.05, 0) is 58.9 Å². The number of nitrogens with zero attached hydrogens (tertiary/aromatic N) is 1. The number of carbonyl (C=O) groups excluding carboxylic acids is 3. The van der Waals surface area contributed by atoms with Gasteiger partial charge in [0.25, 0.3) is 0 Å². The number of aryl methyl sites for hydroxylation is 1. The molecule has 2 N–H and O–H groups in total. The van der Waals surface area contributed by atoms with Crippen molar-refractivity contribution in [1.29, 1.82) is 0 Å². The number of alkyl carbamates (subject to hydrolysis) is 1. The van der Waals surface area contributed by atoms with E-state index in [1.165, 1.54) is 0 Å². The molecular weight excluding hydrogens is 430 g/mol.